The Morgan fingerprint density at radius 1 is 0.947 bits per heavy atom. The lowest BCUT2D eigenvalue weighted by atomic mass is 10.2. The van der Waals surface area contributed by atoms with E-state index in [2.05, 4.69) is 10.9 Å². The predicted octanol–water partition coefficient (Wildman–Crippen LogP) is 2.25. The molecule has 2 rings (SSSR count). The molecule has 5 heteroatoms. The zero-order valence-corrected chi connectivity index (χ0v) is 11.9. The number of carbonyl (C=O) groups excluding carboxylic acids is 1. The Bertz CT molecular complexity index is 412. The Morgan fingerprint density at radius 2 is 1.42 bits per heavy atom. The maximum absolute atomic E-state index is 12.3. The van der Waals surface area contributed by atoms with Gasteiger partial charge in [0, 0.05) is 12.1 Å². The highest BCUT2D eigenvalue weighted by atomic mass is 16.2. The van der Waals surface area contributed by atoms with Gasteiger partial charge in [-0.25, -0.2) is 15.6 Å². The predicted molar refractivity (Wildman–Crippen MR) is 74.8 cm³/mol. The summed E-state index contributed by atoms with van der Waals surface area (Å²) in [5, 5.41) is 3.35. The van der Waals surface area contributed by atoms with Crippen LogP contribution >= 0.6 is 0 Å². The van der Waals surface area contributed by atoms with E-state index in [9.17, 15) is 4.79 Å². The van der Waals surface area contributed by atoms with Gasteiger partial charge in [0.05, 0.1) is 0 Å². The average molecular weight is 262 g/mol. The summed E-state index contributed by atoms with van der Waals surface area (Å²) in [4.78, 5) is 12.3. The first-order valence-electron chi connectivity index (χ1n) is 6.70. The van der Waals surface area contributed by atoms with Gasteiger partial charge in [-0.05, 0) is 33.3 Å². The minimum absolute atomic E-state index is 0.0443. The highest BCUT2D eigenvalue weighted by Crippen LogP contribution is 2.18. The van der Waals surface area contributed by atoms with Crippen LogP contribution in [0.4, 0.5) is 4.79 Å². The van der Waals surface area contributed by atoms with Gasteiger partial charge in [0.25, 0.3) is 0 Å². The maximum Gasteiger partial charge on any atom is 0.349 e. The minimum atomic E-state index is -0.0938. The van der Waals surface area contributed by atoms with E-state index >= 15 is 0 Å². The van der Waals surface area contributed by atoms with Crippen molar-refractivity contribution in [3.63, 3.8) is 0 Å². The van der Waals surface area contributed by atoms with Gasteiger partial charge in [0.15, 0.2) is 0 Å². The van der Waals surface area contributed by atoms with Crippen LogP contribution in [0.2, 0.25) is 0 Å². The van der Waals surface area contributed by atoms with E-state index in [1.165, 1.54) is 0 Å². The summed E-state index contributed by atoms with van der Waals surface area (Å²) in [7, 11) is 0. The van der Waals surface area contributed by atoms with Crippen molar-refractivity contribution < 1.29 is 4.79 Å². The second-order valence-corrected chi connectivity index (χ2v) is 5.31. The molecule has 19 heavy (non-hydrogen) atoms. The molecule has 1 aromatic carbocycles. The van der Waals surface area contributed by atoms with Gasteiger partial charge in [-0.15, -0.1) is 0 Å². The highest BCUT2D eigenvalue weighted by molar-refractivity contribution is 5.74. The second kappa shape index (κ2) is 5.59. The average Bonchev–Trinajstić information content (AvgIpc) is 2.39. The highest BCUT2D eigenvalue weighted by Gasteiger charge is 2.34. The van der Waals surface area contributed by atoms with Crippen LogP contribution in [-0.4, -0.2) is 28.1 Å². The van der Waals surface area contributed by atoms with Crippen LogP contribution in [0.5, 0.6) is 0 Å². The number of carbonyl (C=O) groups is 1. The van der Waals surface area contributed by atoms with Gasteiger partial charge < -0.3 is 0 Å². The molecular weight excluding hydrogens is 240 g/mol. The molecule has 0 atom stereocenters. The van der Waals surface area contributed by atoms with E-state index in [4.69, 9.17) is 0 Å². The van der Waals surface area contributed by atoms with Crippen molar-refractivity contribution in [1.29, 1.82) is 0 Å². The molecular formula is C14H22N4O. The van der Waals surface area contributed by atoms with E-state index in [1.807, 2.05) is 58.0 Å². The summed E-state index contributed by atoms with van der Waals surface area (Å²) < 4.78 is 0. The van der Waals surface area contributed by atoms with Gasteiger partial charge in [0.1, 0.15) is 6.17 Å². The largest absolute Gasteiger partial charge is 0.349 e. The van der Waals surface area contributed by atoms with Crippen molar-refractivity contribution in [2.24, 2.45) is 0 Å². The topological polar surface area (TPSA) is 47.6 Å². The molecule has 1 aromatic rings. The molecule has 0 radical (unpaired) electrons. The van der Waals surface area contributed by atoms with Gasteiger partial charge in [0.2, 0.25) is 0 Å². The first kappa shape index (κ1) is 13.8. The van der Waals surface area contributed by atoms with Gasteiger partial charge in [-0.2, -0.15) is 0 Å². The number of hydrazine groups is 2. The molecule has 1 heterocycles. The maximum atomic E-state index is 12.3. The Labute approximate surface area is 114 Å². The Hall–Kier alpha value is -1.59. The van der Waals surface area contributed by atoms with Crippen molar-refractivity contribution in [3.05, 3.63) is 35.9 Å². The van der Waals surface area contributed by atoms with E-state index in [-0.39, 0.29) is 24.3 Å². The van der Waals surface area contributed by atoms with E-state index in [0.29, 0.717) is 0 Å². The SMILES string of the molecule is CC(C)N1NC(c2ccccc2)NN(C(C)C)C1=O. The van der Waals surface area contributed by atoms with Crippen LogP contribution in [0.3, 0.4) is 0 Å². The lowest BCUT2D eigenvalue weighted by molar-refractivity contribution is 0.00380. The molecule has 0 unspecified atom stereocenters. The first-order valence-corrected chi connectivity index (χ1v) is 6.70. The Kier molecular flexibility index (Phi) is 4.07. The molecule has 0 spiro atoms. The van der Waals surface area contributed by atoms with E-state index < -0.39 is 0 Å². The summed E-state index contributed by atoms with van der Waals surface area (Å²) in [6, 6.07) is 10.2. The molecule has 0 saturated carbocycles. The third kappa shape index (κ3) is 2.88. The van der Waals surface area contributed by atoms with Crippen molar-refractivity contribution in [2.75, 3.05) is 0 Å². The third-order valence-corrected chi connectivity index (χ3v) is 3.11. The van der Waals surface area contributed by atoms with Crippen LogP contribution in [-0.2, 0) is 0 Å². The Balaban J connectivity index is 2.25. The number of benzene rings is 1. The minimum Gasteiger partial charge on any atom is -0.254 e. The van der Waals surface area contributed by atoms with Gasteiger partial charge >= 0.3 is 6.03 Å². The van der Waals surface area contributed by atoms with Crippen molar-refractivity contribution in [1.82, 2.24) is 20.9 Å². The summed E-state index contributed by atoms with van der Waals surface area (Å²) in [5.41, 5.74) is 7.57. The van der Waals surface area contributed by atoms with Crippen LogP contribution in [0.1, 0.15) is 39.4 Å². The quantitative estimate of drug-likeness (QED) is 0.878. The standard InChI is InChI=1S/C14H22N4O/c1-10(2)17-14(19)18(11(3)4)16-13(15-17)12-8-6-5-7-9-12/h5-11,13,15-16H,1-4H3. The van der Waals surface area contributed by atoms with Crippen molar-refractivity contribution >= 4 is 6.03 Å². The van der Waals surface area contributed by atoms with Crippen LogP contribution < -0.4 is 10.9 Å². The molecule has 1 saturated heterocycles. The van der Waals surface area contributed by atoms with Gasteiger partial charge in [-0.1, -0.05) is 30.3 Å². The molecule has 0 bridgehead atoms. The molecule has 104 valence electrons. The molecule has 1 aliphatic rings. The number of nitrogens with zero attached hydrogens (tertiary/aromatic N) is 2. The Morgan fingerprint density at radius 3 is 1.84 bits per heavy atom. The fraction of sp³-hybridized carbons (Fsp3) is 0.500. The zero-order chi connectivity index (χ0) is 14.0. The molecule has 0 aromatic heterocycles. The summed E-state index contributed by atoms with van der Waals surface area (Å²) >= 11 is 0. The molecule has 5 nitrogen and oxygen atoms in total. The molecule has 1 fully saturated rings. The van der Waals surface area contributed by atoms with Gasteiger partial charge in [-0.3, -0.25) is 10.0 Å². The van der Waals surface area contributed by atoms with Crippen molar-refractivity contribution in [2.45, 2.75) is 45.9 Å². The monoisotopic (exact) mass is 262 g/mol. The smallest absolute Gasteiger partial charge is 0.254 e. The number of urea groups is 1. The lowest BCUT2D eigenvalue weighted by Crippen LogP contribution is -2.67. The molecule has 1 aliphatic heterocycles. The normalized spacial score (nSPS) is 17.7. The number of hydrogen-bond acceptors (Lipinski definition) is 3. The fourth-order valence-electron chi connectivity index (χ4n) is 2.07. The second-order valence-electron chi connectivity index (χ2n) is 5.31. The van der Waals surface area contributed by atoms with E-state index in [0.717, 1.165) is 5.56 Å². The fourth-order valence-corrected chi connectivity index (χ4v) is 2.07. The molecule has 2 amide bonds. The van der Waals surface area contributed by atoms with Crippen LogP contribution in [0.25, 0.3) is 0 Å². The molecule has 2 N–H and O–H groups in total. The van der Waals surface area contributed by atoms with Crippen molar-refractivity contribution in [3.8, 4) is 0 Å². The van der Waals surface area contributed by atoms with Crippen LogP contribution in [0.15, 0.2) is 30.3 Å². The number of nitrogens with one attached hydrogen (secondary N) is 2. The van der Waals surface area contributed by atoms with Crippen LogP contribution in [0, 0.1) is 0 Å². The lowest BCUT2D eigenvalue weighted by Gasteiger charge is -2.44. The zero-order valence-electron chi connectivity index (χ0n) is 11.9. The summed E-state index contributed by atoms with van der Waals surface area (Å²) in [6.45, 7) is 7.99. The number of hydrogen-bond donors (Lipinski definition) is 2. The first-order chi connectivity index (χ1) is 9.00. The number of rotatable bonds is 3. The summed E-state index contributed by atoms with van der Waals surface area (Å²) in [6.07, 6.45) is -0.0938. The van der Waals surface area contributed by atoms with E-state index in [1.54, 1.807) is 10.0 Å². The summed E-state index contributed by atoms with van der Waals surface area (Å²) in [5.74, 6) is 0. The third-order valence-electron chi connectivity index (χ3n) is 3.11. The molecule has 0 aliphatic carbocycles. The number of amides is 2.